The average molecular weight is 259 g/mol. The van der Waals surface area contributed by atoms with Gasteiger partial charge in [-0.3, -0.25) is 4.79 Å². The number of carbonyl (C=O) groups excluding carboxylic acids is 2. The number of esters is 1. The van der Waals surface area contributed by atoms with Crippen molar-refractivity contribution in [2.24, 2.45) is 0 Å². The second-order valence-electron chi connectivity index (χ2n) is 4.43. The monoisotopic (exact) mass is 259 g/mol. The Balaban J connectivity index is 2.08. The Bertz CT molecular complexity index is 675. The molecule has 0 saturated carbocycles. The molecular formula is C13H13N3O3. The molecule has 6 heteroatoms. The molecule has 19 heavy (non-hydrogen) atoms. The van der Waals surface area contributed by atoms with Crippen molar-refractivity contribution in [3.63, 3.8) is 0 Å². The van der Waals surface area contributed by atoms with Crippen LogP contribution < -0.4 is 0 Å². The van der Waals surface area contributed by atoms with E-state index in [0.717, 1.165) is 18.5 Å². The number of ketones is 1. The highest BCUT2D eigenvalue weighted by molar-refractivity contribution is 5.98. The fourth-order valence-electron chi connectivity index (χ4n) is 2.24. The van der Waals surface area contributed by atoms with E-state index in [2.05, 4.69) is 10.1 Å². The largest absolute Gasteiger partial charge is 0.461 e. The molecule has 0 bridgehead atoms. The highest BCUT2D eigenvalue weighted by atomic mass is 16.5. The van der Waals surface area contributed by atoms with Crippen LogP contribution in [0.15, 0.2) is 12.3 Å². The maximum Gasteiger partial charge on any atom is 0.358 e. The molecule has 3 rings (SSSR count). The van der Waals surface area contributed by atoms with Crippen molar-refractivity contribution < 1.29 is 14.3 Å². The summed E-state index contributed by atoms with van der Waals surface area (Å²) in [7, 11) is 0. The Morgan fingerprint density at radius 3 is 3.11 bits per heavy atom. The molecule has 0 aliphatic heterocycles. The highest BCUT2D eigenvalue weighted by Gasteiger charge is 2.21. The number of nitrogens with zero attached hydrogens (tertiary/aromatic N) is 3. The number of ether oxygens (including phenoxy) is 1. The Labute approximate surface area is 109 Å². The molecule has 0 N–H and O–H groups in total. The summed E-state index contributed by atoms with van der Waals surface area (Å²) in [6, 6.07) is 1.58. The van der Waals surface area contributed by atoms with Crippen LogP contribution >= 0.6 is 0 Å². The Morgan fingerprint density at radius 2 is 2.32 bits per heavy atom. The minimum absolute atomic E-state index is 0.0869. The van der Waals surface area contributed by atoms with Gasteiger partial charge in [0, 0.05) is 18.7 Å². The third-order valence-electron chi connectivity index (χ3n) is 3.13. The molecule has 0 aromatic carbocycles. The van der Waals surface area contributed by atoms with Gasteiger partial charge < -0.3 is 4.74 Å². The molecule has 0 radical (unpaired) electrons. The minimum atomic E-state index is -0.475. The predicted molar refractivity (Wildman–Crippen MR) is 66.2 cm³/mol. The van der Waals surface area contributed by atoms with Crippen LogP contribution in [0.4, 0.5) is 0 Å². The zero-order valence-corrected chi connectivity index (χ0v) is 10.5. The first-order valence-electron chi connectivity index (χ1n) is 6.28. The van der Waals surface area contributed by atoms with Crippen molar-refractivity contribution in [2.75, 3.05) is 6.61 Å². The van der Waals surface area contributed by atoms with Gasteiger partial charge in [0.15, 0.2) is 17.1 Å². The number of carbonyl (C=O) groups is 2. The van der Waals surface area contributed by atoms with Crippen molar-refractivity contribution in [1.82, 2.24) is 14.6 Å². The lowest BCUT2D eigenvalue weighted by molar-refractivity contribution is 0.0519. The van der Waals surface area contributed by atoms with Crippen LogP contribution in [0.5, 0.6) is 0 Å². The molecule has 0 atom stereocenters. The topological polar surface area (TPSA) is 73.6 Å². The first-order chi connectivity index (χ1) is 9.19. The summed E-state index contributed by atoms with van der Waals surface area (Å²) in [5.41, 5.74) is 2.18. The van der Waals surface area contributed by atoms with Crippen molar-refractivity contribution in [1.29, 1.82) is 0 Å². The zero-order valence-electron chi connectivity index (χ0n) is 10.5. The van der Waals surface area contributed by atoms with Crippen molar-refractivity contribution in [2.45, 2.75) is 26.2 Å². The molecule has 0 fully saturated rings. The lowest BCUT2D eigenvalue weighted by Crippen LogP contribution is -2.14. The molecule has 6 nitrogen and oxygen atoms in total. The number of rotatable bonds is 2. The summed E-state index contributed by atoms with van der Waals surface area (Å²) in [5, 5.41) is 4.10. The first-order valence-corrected chi connectivity index (χ1v) is 6.28. The summed E-state index contributed by atoms with van der Waals surface area (Å²) in [4.78, 5) is 27.8. The van der Waals surface area contributed by atoms with E-state index in [4.69, 9.17) is 4.74 Å². The van der Waals surface area contributed by atoms with Gasteiger partial charge >= 0.3 is 5.97 Å². The summed E-state index contributed by atoms with van der Waals surface area (Å²) in [5.74, 6) is -0.388. The van der Waals surface area contributed by atoms with Crippen LogP contribution in [0, 0.1) is 0 Å². The Morgan fingerprint density at radius 1 is 1.47 bits per heavy atom. The molecule has 0 amide bonds. The van der Waals surface area contributed by atoms with Crippen LogP contribution in [0.3, 0.4) is 0 Å². The van der Waals surface area contributed by atoms with Gasteiger partial charge in [0.25, 0.3) is 0 Å². The van der Waals surface area contributed by atoms with E-state index in [-0.39, 0.29) is 11.5 Å². The quantitative estimate of drug-likeness (QED) is 0.763. The third kappa shape index (κ3) is 1.99. The predicted octanol–water partition coefficient (Wildman–Crippen LogP) is 1.43. The van der Waals surface area contributed by atoms with Crippen LogP contribution in [0.25, 0.3) is 5.65 Å². The van der Waals surface area contributed by atoms with E-state index in [1.54, 1.807) is 19.2 Å². The molecule has 0 unspecified atom stereocenters. The van der Waals surface area contributed by atoms with E-state index < -0.39 is 5.97 Å². The molecular weight excluding hydrogens is 246 g/mol. The van der Waals surface area contributed by atoms with E-state index >= 15 is 0 Å². The van der Waals surface area contributed by atoms with Gasteiger partial charge in [-0.2, -0.15) is 5.10 Å². The number of aryl methyl sites for hydroxylation is 1. The van der Waals surface area contributed by atoms with Crippen molar-refractivity contribution in [3.8, 4) is 0 Å². The summed E-state index contributed by atoms with van der Waals surface area (Å²) >= 11 is 0. The van der Waals surface area contributed by atoms with Crippen molar-refractivity contribution in [3.05, 3.63) is 29.2 Å². The fraction of sp³-hybridized carbons (Fsp3) is 0.385. The summed E-state index contributed by atoms with van der Waals surface area (Å²) < 4.78 is 6.36. The first kappa shape index (κ1) is 11.8. The Hall–Kier alpha value is -2.24. The van der Waals surface area contributed by atoms with Gasteiger partial charge in [-0.25, -0.2) is 14.3 Å². The molecule has 1 aliphatic carbocycles. The smallest absolute Gasteiger partial charge is 0.358 e. The van der Waals surface area contributed by atoms with Gasteiger partial charge in [0.05, 0.1) is 17.9 Å². The number of fused-ring (bicyclic) bond motifs is 2. The molecule has 2 aromatic rings. The van der Waals surface area contributed by atoms with E-state index in [0.29, 0.717) is 24.2 Å². The van der Waals surface area contributed by atoms with Gasteiger partial charge in [0.2, 0.25) is 0 Å². The summed E-state index contributed by atoms with van der Waals surface area (Å²) in [6.07, 6.45) is 3.82. The van der Waals surface area contributed by atoms with Gasteiger partial charge in [-0.05, 0) is 19.8 Å². The number of hydrogen-bond acceptors (Lipinski definition) is 5. The molecule has 0 saturated heterocycles. The average Bonchev–Trinajstić information content (AvgIpc) is 2.80. The van der Waals surface area contributed by atoms with Crippen LogP contribution in [-0.4, -0.2) is 33.0 Å². The molecule has 2 heterocycles. The minimum Gasteiger partial charge on any atom is -0.461 e. The SMILES string of the molecule is CCOC(=O)c1cc2nc3c(cn2n1)C(=O)CCC3. The third-order valence-corrected chi connectivity index (χ3v) is 3.13. The van der Waals surface area contributed by atoms with E-state index in [9.17, 15) is 9.59 Å². The van der Waals surface area contributed by atoms with Crippen molar-refractivity contribution >= 4 is 17.4 Å². The van der Waals surface area contributed by atoms with E-state index in [1.165, 1.54) is 4.52 Å². The maximum absolute atomic E-state index is 11.8. The van der Waals surface area contributed by atoms with E-state index in [1.807, 2.05) is 0 Å². The second kappa shape index (κ2) is 4.46. The van der Waals surface area contributed by atoms with Crippen LogP contribution in [0.1, 0.15) is 46.3 Å². The second-order valence-corrected chi connectivity index (χ2v) is 4.43. The molecule has 98 valence electrons. The lowest BCUT2D eigenvalue weighted by atomic mass is 9.96. The van der Waals surface area contributed by atoms with Gasteiger partial charge in [-0.15, -0.1) is 0 Å². The Kier molecular flexibility index (Phi) is 2.77. The molecule has 0 spiro atoms. The maximum atomic E-state index is 11.8. The summed E-state index contributed by atoms with van der Waals surface area (Å²) in [6.45, 7) is 2.04. The molecule has 2 aromatic heterocycles. The van der Waals surface area contributed by atoms with Gasteiger partial charge in [0.1, 0.15) is 0 Å². The zero-order chi connectivity index (χ0) is 13.4. The van der Waals surface area contributed by atoms with Crippen LogP contribution in [0.2, 0.25) is 0 Å². The standard InChI is InChI=1S/C13H13N3O3/c1-2-19-13(18)10-6-12-14-9-4-3-5-11(17)8(9)7-16(12)15-10/h6-7H,2-5H2,1H3. The number of aromatic nitrogens is 3. The fourth-order valence-corrected chi connectivity index (χ4v) is 2.24. The van der Waals surface area contributed by atoms with Gasteiger partial charge in [-0.1, -0.05) is 0 Å². The highest BCUT2D eigenvalue weighted by Crippen LogP contribution is 2.20. The molecule has 1 aliphatic rings. The number of Topliss-reactive ketones (excluding diaryl/α,β-unsaturated/α-hetero) is 1. The lowest BCUT2D eigenvalue weighted by Gasteiger charge is -2.12. The normalized spacial score (nSPS) is 14.5. The van der Waals surface area contributed by atoms with Crippen LogP contribution in [-0.2, 0) is 11.2 Å². The number of hydrogen-bond donors (Lipinski definition) is 0.